The number of thiazole rings is 1. The lowest BCUT2D eigenvalue weighted by Gasteiger charge is -2.29. The van der Waals surface area contributed by atoms with Crippen LogP contribution in [-0.2, 0) is 16.9 Å². The number of carbonyl (C=O) groups is 1. The molecular weight excluding hydrogens is 419 g/mol. The van der Waals surface area contributed by atoms with E-state index in [1.807, 2.05) is 0 Å². The van der Waals surface area contributed by atoms with Crippen LogP contribution in [0.15, 0.2) is 36.7 Å². The highest BCUT2D eigenvalue weighted by Gasteiger charge is 2.58. The molecule has 3 rings (SSSR count). The Bertz CT molecular complexity index is 986. The van der Waals surface area contributed by atoms with Gasteiger partial charge in [0, 0.05) is 19.4 Å². The topological polar surface area (TPSA) is 71.2 Å². The first-order valence-corrected chi connectivity index (χ1v) is 9.03. The van der Waals surface area contributed by atoms with Crippen LogP contribution in [0.1, 0.15) is 23.8 Å². The molecule has 0 saturated heterocycles. The van der Waals surface area contributed by atoms with Gasteiger partial charge in [0.1, 0.15) is 10.8 Å². The van der Waals surface area contributed by atoms with E-state index >= 15 is 0 Å². The average molecular weight is 434 g/mol. The molecule has 1 N–H and O–H groups in total. The molecule has 0 spiro atoms. The zero-order chi connectivity index (χ0) is 21.4. The first kappa shape index (κ1) is 21.1. The van der Waals surface area contributed by atoms with Gasteiger partial charge in [-0.3, -0.25) is 9.36 Å². The van der Waals surface area contributed by atoms with Gasteiger partial charge in [-0.15, -0.1) is 11.3 Å². The van der Waals surface area contributed by atoms with E-state index in [4.69, 9.17) is 0 Å². The molecule has 156 valence electrons. The third-order valence-corrected chi connectivity index (χ3v) is 5.47. The smallest absolute Gasteiger partial charge is 0.374 e. The highest BCUT2D eigenvalue weighted by Crippen LogP contribution is 2.44. The average Bonchev–Trinajstić information content (AvgIpc) is 3.27. The lowest BCUT2D eigenvalue weighted by molar-refractivity contribution is -0.268. The van der Waals surface area contributed by atoms with Crippen molar-refractivity contribution in [1.29, 1.82) is 0 Å². The second-order valence-electron chi connectivity index (χ2n) is 6.30. The Balaban J connectivity index is 1.86. The van der Waals surface area contributed by atoms with Crippen LogP contribution in [0, 0.1) is 0 Å². The van der Waals surface area contributed by atoms with E-state index in [-0.39, 0.29) is 11.3 Å². The van der Waals surface area contributed by atoms with Gasteiger partial charge >= 0.3 is 12.7 Å². The van der Waals surface area contributed by atoms with Crippen molar-refractivity contribution in [3.8, 4) is 0 Å². The maximum absolute atomic E-state index is 13.7. The first-order chi connectivity index (χ1) is 13.5. The standard InChI is InChI=1S/C17H15F5N4O2S/c1-25(9-12-23-6-7-26(12)15(18)19)13(27)8-16(28,17(20,21)22)14-24-10-4-2-3-5-11(10)29-14/h2-7,15,28H,8-9H2,1H3. The van der Waals surface area contributed by atoms with Gasteiger partial charge in [0.2, 0.25) is 11.5 Å². The van der Waals surface area contributed by atoms with Gasteiger partial charge < -0.3 is 10.0 Å². The summed E-state index contributed by atoms with van der Waals surface area (Å²) in [6.07, 6.45) is -4.44. The van der Waals surface area contributed by atoms with Gasteiger partial charge in [-0.25, -0.2) is 9.97 Å². The molecule has 1 atom stereocenters. The summed E-state index contributed by atoms with van der Waals surface area (Å²) in [5.41, 5.74) is -3.25. The van der Waals surface area contributed by atoms with Gasteiger partial charge in [0.15, 0.2) is 0 Å². The number of aromatic nitrogens is 3. The van der Waals surface area contributed by atoms with E-state index in [0.717, 1.165) is 24.3 Å². The number of alkyl halides is 5. The van der Waals surface area contributed by atoms with Gasteiger partial charge in [-0.1, -0.05) is 12.1 Å². The molecule has 1 aromatic carbocycles. The van der Waals surface area contributed by atoms with Crippen LogP contribution in [0.2, 0.25) is 0 Å². The lowest BCUT2D eigenvalue weighted by atomic mass is 9.99. The summed E-state index contributed by atoms with van der Waals surface area (Å²) in [7, 11) is 1.14. The number of fused-ring (bicyclic) bond motifs is 1. The molecule has 29 heavy (non-hydrogen) atoms. The van der Waals surface area contributed by atoms with Crippen LogP contribution in [0.3, 0.4) is 0 Å². The molecule has 2 aromatic heterocycles. The zero-order valence-corrected chi connectivity index (χ0v) is 15.7. The highest BCUT2D eigenvalue weighted by molar-refractivity contribution is 7.18. The van der Waals surface area contributed by atoms with E-state index < -0.39 is 42.2 Å². The summed E-state index contributed by atoms with van der Waals surface area (Å²) in [6, 6.07) is 6.24. The van der Waals surface area contributed by atoms with Crippen LogP contribution < -0.4 is 0 Å². The molecule has 2 heterocycles. The molecule has 0 saturated carbocycles. The minimum absolute atomic E-state index is 0.202. The fraction of sp³-hybridized carbons (Fsp3) is 0.353. The molecule has 0 aliphatic carbocycles. The number of imidazole rings is 1. The van der Waals surface area contributed by atoms with Crippen LogP contribution >= 0.6 is 11.3 Å². The third-order valence-electron chi connectivity index (χ3n) is 4.29. The fourth-order valence-corrected chi connectivity index (χ4v) is 3.72. The van der Waals surface area contributed by atoms with E-state index in [9.17, 15) is 31.9 Å². The number of rotatable bonds is 6. The molecule has 3 aromatic rings. The summed E-state index contributed by atoms with van der Waals surface area (Å²) in [6.45, 7) is -3.37. The Kier molecular flexibility index (Phi) is 5.59. The maximum Gasteiger partial charge on any atom is 0.424 e. The van der Waals surface area contributed by atoms with Crippen LogP contribution in [0.5, 0.6) is 0 Å². The van der Waals surface area contributed by atoms with Crippen molar-refractivity contribution < 1.29 is 31.9 Å². The molecule has 1 unspecified atom stereocenters. The normalized spacial score (nSPS) is 14.3. The maximum atomic E-state index is 13.7. The van der Waals surface area contributed by atoms with Crippen molar-refractivity contribution in [2.75, 3.05) is 7.05 Å². The lowest BCUT2D eigenvalue weighted by Crippen LogP contribution is -2.46. The predicted octanol–water partition coefficient (Wildman–Crippen LogP) is 3.69. The second kappa shape index (κ2) is 7.67. The molecule has 0 bridgehead atoms. The van der Waals surface area contributed by atoms with E-state index in [0.29, 0.717) is 20.6 Å². The minimum atomic E-state index is -5.18. The number of amides is 1. The molecule has 0 aliphatic heterocycles. The van der Waals surface area contributed by atoms with E-state index in [2.05, 4.69) is 9.97 Å². The van der Waals surface area contributed by atoms with Crippen LogP contribution in [-0.4, -0.2) is 43.7 Å². The number of carbonyl (C=O) groups excluding carboxylic acids is 1. The van der Waals surface area contributed by atoms with Crippen LogP contribution in [0.25, 0.3) is 10.2 Å². The van der Waals surface area contributed by atoms with Gasteiger partial charge in [0.25, 0.3) is 0 Å². The monoisotopic (exact) mass is 434 g/mol. The molecule has 0 radical (unpaired) electrons. The van der Waals surface area contributed by atoms with Crippen molar-refractivity contribution in [2.24, 2.45) is 0 Å². The summed E-state index contributed by atoms with van der Waals surface area (Å²) < 4.78 is 67.8. The molecule has 0 aliphatic rings. The zero-order valence-electron chi connectivity index (χ0n) is 14.9. The van der Waals surface area contributed by atoms with Crippen LogP contribution in [0.4, 0.5) is 22.0 Å². The Morgan fingerprint density at radius 3 is 2.62 bits per heavy atom. The SMILES string of the molecule is CN(Cc1nccn1C(F)F)C(=O)CC(O)(c1nc2ccccc2s1)C(F)(F)F. The van der Waals surface area contributed by atoms with Crippen molar-refractivity contribution in [1.82, 2.24) is 19.4 Å². The Labute approximate surface area is 165 Å². The molecule has 0 fully saturated rings. The predicted molar refractivity (Wildman–Crippen MR) is 94.1 cm³/mol. The number of aliphatic hydroxyl groups is 1. The van der Waals surface area contributed by atoms with Crippen molar-refractivity contribution in [2.45, 2.75) is 31.3 Å². The number of para-hydroxylation sites is 1. The number of benzene rings is 1. The van der Waals surface area contributed by atoms with Crippen molar-refractivity contribution in [3.05, 3.63) is 47.5 Å². The number of nitrogens with zero attached hydrogens (tertiary/aromatic N) is 4. The van der Waals surface area contributed by atoms with Gasteiger partial charge in [-0.05, 0) is 12.1 Å². The molecular formula is C17H15F5N4O2S. The second-order valence-corrected chi connectivity index (χ2v) is 7.33. The number of halogens is 5. The van der Waals surface area contributed by atoms with Gasteiger partial charge in [-0.2, -0.15) is 22.0 Å². The van der Waals surface area contributed by atoms with E-state index in [1.165, 1.54) is 6.07 Å². The third kappa shape index (κ3) is 4.08. The molecule has 12 heteroatoms. The highest BCUT2D eigenvalue weighted by atomic mass is 32.1. The fourth-order valence-electron chi connectivity index (χ4n) is 2.64. The van der Waals surface area contributed by atoms with E-state index in [1.54, 1.807) is 18.2 Å². The van der Waals surface area contributed by atoms with Crippen molar-refractivity contribution >= 4 is 27.5 Å². The number of hydrogen-bond donors (Lipinski definition) is 1. The largest absolute Gasteiger partial charge is 0.424 e. The number of hydrogen-bond acceptors (Lipinski definition) is 5. The Morgan fingerprint density at radius 1 is 1.31 bits per heavy atom. The first-order valence-electron chi connectivity index (χ1n) is 8.22. The summed E-state index contributed by atoms with van der Waals surface area (Å²) >= 11 is 0.629. The minimum Gasteiger partial charge on any atom is -0.374 e. The molecule has 1 amide bonds. The Morgan fingerprint density at radius 2 is 2.00 bits per heavy atom. The quantitative estimate of drug-likeness (QED) is 0.601. The summed E-state index contributed by atoms with van der Waals surface area (Å²) in [4.78, 5) is 20.7. The summed E-state index contributed by atoms with van der Waals surface area (Å²) in [5, 5.41) is 9.78. The Hall–Kier alpha value is -2.60. The molecule has 6 nitrogen and oxygen atoms in total. The van der Waals surface area contributed by atoms with Gasteiger partial charge in [0.05, 0.1) is 23.2 Å². The van der Waals surface area contributed by atoms with Crippen molar-refractivity contribution in [3.63, 3.8) is 0 Å². The summed E-state index contributed by atoms with van der Waals surface area (Å²) in [5.74, 6) is -1.31.